The summed E-state index contributed by atoms with van der Waals surface area (Å²) >= 11 is 0. The molecule has 146 valence electrons. The maximum absolute atomic E-state index is 12.5. The lowest BCUT2D eigenvalue weighted by molar-refractivity contribution is -0.323. The lowest BCUT2D eigenvalue weighted by atomic mass is 9.63. The van der Waals surface area contributed by atoms with Crippen molar-refractivity contribution >= 4 is 38.9 Å². The molecular weight excluding hydrogens is 392 g/mol. The van der Waals surface area contributed by atoms with Crippen LogP contribution >= 0.6 is 0 Å². The van der Waals surface area contributed by atoms with Crippen LogP contribution in [0.5, 0.6) is 0 Å². The molecule has 3 aromatic rings. The van der Waals surface area contributed by atoms with Crippen molar-refractivity contribution in [1.29, 1.82) is 0 Å². The highest BCUT2D eigenvalue weighted by Gasteiger charge is 2.45. The summed E-state index contributed by atoms with van der Waals surface area (Å²) < 4.78 is 0. The second-order valence-electron chi connectivity index (χ2n) is 5.99. The molecule has 4 nitrogen and oxygen atoms in total. The van der Waals surface area contributed by atoms with Gasteiger partial charge in [-0.2, -0.15) is 0 Å². The first-order chi connectivity index (χ1) is 12.6. The van der Waals surface area contributed by atoms with E-state index in [9.17, 15) is 19.8 Å². The summed E-state index contributed by atoms with van der Waals surface area (Å²) in [6.07, 6.45) is 0. The largest absolute Gasteiger partial charge is 0.549 e. The zero-order valence-corrected chi connectivity index (χ0v) is 17.3. The number of benzene rings is 3. The molecule has 0 N–H and O–H groups in total. The van der Waals surface area contributed by atoms with Crippen molar-refractivity contribution in [2.24, 2.45) is 0 Å². The maximum Gasteiger partial charge on any atom is 0.0717 e. The third-order valence-corrected chi connectivity index (χ3v) is 4.58. The van der Waals surface area contributed by atoms with E-state index in [-0.39, 0.29) is 27.0 Å². The van der Waals surface area contributed by atoms with Crippen molar-refractivity contribution in [2.75, 3.05) is 0 Å². The number of carboxylic acids is 2. The van der Waals surface area contributed by atoms with Gasteiger partial charge in [0.2, 0.25) is 0 Å². The van der Waals surface area contributed by atoms with Crippen LogP contribution in [-0.4, -0.2) is 11.9 Å². The number of hydrogen-bond donors (Lipinski definition) is 0. The predicted octanol–water partition coefficient (Wildman–Crippen LogP) is -0.355. The first-order valence-corrected chi connectivity index (χ1v) is 8.16. The predicted molar refractivity (Wildman–Crippen MR) is 116 cm³/mol. The van der Waals surface area contributed by atoms with Crippen LogP contribution in [0, 0.1) is 0 Å². The molecule has 0 aliphatic rings. The number of rotatable bonds is 6. The molecule has 0 radical (unpaired) electrons. The van der Waals surface area contributed by atoms with E-state index in [1.165, 1.54) is 0 Å². The molecule has 0 bridgehead atoms. The first kappa shape index (κ1) is 23.3. The van der Waals surface area contributed by atoms with Gasteiger partial charge in [0.15, 0.2) is 0 Å². The number of carbonyl (C=O) groups is 2. The van der Waals surface area contributed by atoms with E-state index >= 15 is 0 Å². The van der Waals surface area contributed by atoms with Crippen LogP contribution in [-0.2, 0) is 42.0 Å². The SMILES string of the molecule is O=C([O-])C(c1ccccc1)C(C(=O)[O-])(c1ccccc1)c1ccccc1.[SH3+].[SH3+]. The van der Waals surface area contributed by atoms with Gasteiger partial charge in [-0.25, -0.2) is 0 Å². The quantitative estimate of drug-likeness (QED) is 0.516. The molecule has 3 rings (SSSR count). The fourth-order valence-corrected chi connectivity index (χ4v) is 3.46. The maximum atomic E-state index is 12.5. The Labute approximate surface area is 177 Å². The Morgan fingerprint density at radius 3 is 1.32 bits per heavy atom. The lowest BCUT2D eigenvalue weighted by Gasteiger charge is -2.43. The fraction of sp³-hybridized carbons (Fsp3) is 0.0909. The van der Waals surface area contributed by atoms with Crippen molar-refractivity contribution in [3.05, 3.63) is 108 Å². The topological polar surface area (TPSA) is 80.3 Å². The highest BCUT2D eigenvalue weighted by Crippen LogP contribution is 2.44. The fourth-order valence-electron chi connectivity index (χ4n) is 3.46. The summed E-state index contributed by atoms with van der Waals surface area (Å²) in [7, 11) is 0. The zero-order chi connectivity index (χ0) is 18.6. The van der Waals surface area contributed by atoms with Crippen LogP contribution in [0.4, 0.5) is 0 Å². The molecule has 0 spiro atoms. The Hall–Kier alpha value is -2.70. The van der Waals surface area contributed by atoms with Gasteiger partial charge in [0.25, 0.3) is 0 Å². The monoisotopic (exact) mass is 414 g/mol. The van der Waals surface area contributed by atoms with Crippen LogP contribution < -0.4 is 10.2 Å². The molecule has 0 fully saturated rings. The van der Waals surface area contributed by atoms with Gasteiger partial charge in [-0.05, 0) is 16.7 Å². The molecule has 1 atom stereocenters. The Kier molecular flexibility index (Phi) is 8.35. The van der Waals surface area contributed by atoms with Gasteiger partial charge in [-0.1, -0.05) is 118 Å². The summed E-state index contributed by atoms with van der Waals surface area (Å²) in [5.41, 5.74) is -0.944. The van der Waals surface area contributed by atoms with Gasteiger partial charge < -0.3 is 19.8 Å². The first-order valence-electron chi connectivity index (χ1n) is 8.16. The normalized spacial score (nSPS) is 11.4. The van der Waals surface area contributed by atoms with Gasteiger partial charge in [-0.3, -0.25) is 0 Å². The summed E-state index contributed by atoms with van der Waals surface area (Å²) in [6.45, 7) is 0. The zero-order valence-electron chi connectivity index (χ0n) is 15.0. The second kappa shape index (κ2) is 10.0. The molecule has 0 aliphatic heterocycles. The van der Waals surface area contributed by atoms with Crippen molar-refractivity contribution in [1.82, 2.24) is 0 Å². The Morgan fingerprint density at radius 2 is 1.00 bits per heavy atom. The standard InChI is InChI=1S/C22H18O4.2H2S/c23-20(24)19(16-10-4-1-5-11-16)22(21(25)26,17-12-6-2-7-13-17)18-14-8-3-9-15-18;;/h1-15,19H,(H,23,24)(H,25,26);2*1H2. The number of carbonyl (C=O) groups excluding carboxylic acids is 2. The van der Waals surface area contributed by atoms with Crippen LogP contribution in [0.25, 0.3) is 0 Å². The summed E-state index contributed by atoms with van der Waals surface area (Å²) in [5.74, 6) is -4.43. The number of aliphatic carboxylic acids is 2. The minimum absolute atomic E-state index is 0. The second-order valence-corrected chi connectivity index (χ2v) is 5.99. The number of hydrogen-bond acceptors (Lipinski definition) is 4. The van der Waals surface area contributed by atoms with Gasteiger partial charge in [0.05, 0.1) is 17.4 Å². The Morgan fingerprint density at radius 1 is 0.643 bits per heavy atom. The Bertz CT molecular complexity index is 860. The van der Waals surface area contributed by atoms with Gasteiger partial charge in [-0.15, -0.1) is 0 Å². The summed E-state index contributed by atoms with van der Waals surface area (Å²) in [5, 5.41) is 24.7. The van der Waals surface area contributed by atoms with Gasteiger partial charge >= 0.3 is 0 Å². The minimum atomic E-state index is -1.93. The van der Waals surface area contributed by atoms with Crippen LogP contribution in [0.2, 0.25) is 0 Å². The molecule has 0 aliphatic carbocycles. The molecule has 6 heteroatoms. The highest BCUT2D eigenvalue weighted by atomic mass is 32.1. The molecule has 0 heterocycles. The van der Waals surface area contributed by atoms with E-state index < -0.39 is 23.3 Å². The van der Waals surface area contributed by atoms with Gasteiger partial charge in [0, 0.05) is 5.92 Å². The smallest absolute Gasteiger partial charge is 0.0717 e. The molecule has 1 unspecified atom stereocenters. The molecule has 0 saturated carbocycles. The lowest BCUT2D eigenvalue weighted by Crippen LogP contribution is -2.55. The van der Waals surface area contributed by atoms with Crippen molar-refractivity contribution in [2.45, 2.75) is 11.3 Å². The van der Waals surface area contributed by atoms with Crippen LogP contribution in [0.15, 0.2) is 91.0 Å². The van der Waals surface area contributed by atoms with E-state index in [2.05, 4.69) is 0 Å². The van der Waals surface area contributed by atoms with Crippen molar-refractivity contribution in [3.63, 3.8) is 0 Å². The summed E-state index contributed by atoms with van der Waals surface area (Å²) in [4.78, 5) is 24.7. The van der Waals surface area contributed by atoms with Crippen LogP contribution in [0.1, 0.15) is 22.6 Å². The molecular formula is C22H22O4S2. The van der Waals surface area contributed by atoms with Crippen molar-refractivity contribution < 1.29 is 19.8 Å². The van der Waals surface area contributed by atoms with Gasteiger partial charge in [0.1, 0.15) is 0 Å². The Balaban J connectivity index is 0.00000196. The van der Waals surface area contributed by atoms with Crippen molar-refractivity contribution in [3.8, 4) is 0 Å². The van der Waals surface area contributed by atoms with E-state index in [1.54, 1.807) is 91.0 Å². The average Bonchev–Trinajstić information content (AvgIpc) is 2.67. The van der Waals surface area contributed by atoms with E-state index in [0.717, 1.165) is 0 Å². The molecule has 3 aromatic carbocycles. The third-order valence-electron chi connectivity index (χ3n) is 4.58. The molecule has 0 saturated heterocycles. The van der Waals surface area contributed by atoms with E-state index in [1.807, 2.05) is 0 Å². The number of carboxylic acid groups (broad SMARTS) is 2. The van der Waals surface area contributed by atoms with E-state index in [4.69, 9.17) is 0 Å². The minimum Gasteiger partial charge on any atom is -0.549 e. The van der Waals surface area contributed by atoms with Crippen LogP contribution in [0.3, 0.4) is 0 Å². The third kappa shape index (κ3) is 4.08. The average molecular weight is 415 g/mol. The molecule has 28 heavy (non-hydrogen) atoms. The summed E-state index contributed by atoms with van der Waals surface area (Å²) in [6, 6.07) is 24.8. The van der Waals surface area contributed by atoms with E-state index in [0.29, 0.717) is 16.7 Å². The highest BCUT2D eigenvalue weighted by molar-refractivity contribution is 7.37. The molecule has 0 amide bonds. The molecule has 0 aromatic heterocycles.